The highest BCUT2D eigenvalue weighted by molar-refractivity contribution is 9.10. The third-order valence-corrected chi connectivity index (χ3v) is 4.20. The first-order valence-electron chi connectivity index (χ1n) is 7.10. The average Bonchev–Trinajstić information content (AvgIpc) is 3.19. The first-order chi connectivity index (χ1) is 12.3. The minimum Gasteiger partial charge on any atom is -0.493 e. The van der Waals surface area contributed by atoms with Crippen molar-refractivity contribution in [2.24, 2.45) is 4.99 Å². The van der Waals surface area contributed by atoms with E-state index in [1.54, 1.807) is 18.2 Å². The molecule has 1 aromatic carbocycles. The van der Waals surface area contributed by atoms with E-state index < -0.39 is 16.1 Å². The van der Waals surface area contributed by atoms with Gasteiger partial charge in [-0.1, -0.05) is 0 Å². The van der Waals surface area contributed by atoms with Crippen LogP contribution in [-0.2, 0) is 19.6 Å². The number of cyclic esters (lactones) is 1. The lowest BCUT2D eigenvalue weighted by Gasteiger charge is -2.11. The largest absolute Gasteiger partial charge is 0.493 e. The summed E-state index contributed by atoms with van der Waals surface area (Å²) in [4.78, 5) is 16.1. The minimum atomic E-state index is -3.74. The zero-order valence-electron chi connectivity index (χ0n) is 13.6. The van der Waals surface area contributed by atoms with Gasteiger partial charge in [-0.15, -0.1) is 0 Å². The van der Waals surface area contributed by atoms with Crippen molar-refractivity contribution in [3.63, 3.8) is 0 Å². The fourth-order valence-electron chi connectivity index (χ4n) is 2.13. The van der Waals surface area contributed by atoms with Gasteiger partial charge in [-0.3, -0.25) is 0 Å². The lowest BCUT2D eigenvalue weighted by atomic mass is 10.1. The minimum absolute atomic E-state index is 0.00549. The molecule has 3 rings (SSSR count). The summed E-state index contributed by atoms with van der Waals surface area (Å²) in [5.74, 6) is -0.0705. The molecule has 0 bridgehead atoms. The number of ether oxygens (including phenoxy) is 2. The van der Waals surface area contributed by atoms with E-state index in [0.29, 0.717) is 15.8 Å². The molecule has 0 radical (unpaired) electrons. The predicted molar refractivity (Wildman–Crippen MR) is 95.5 cm³/mol. The Morgan fingerprint density at radius 3 is 2.69 bits per heavy atom. The van der Waals surface area contributed by atoms with Crippen molar-refractivity contribution in [1.29, 1.82) is 0 Å². The number of nitrogens with zero attached hydrogens (tertiary/aromatic N) is 1. The first kappa shape index (κ1) is 18.2. The van der Waals surface area contributed by atoms with Crippen LogP contribution in [-0.4, -0.2) is 33.7 Å². The van der Waals surface area contributed by atoms with E-state index in [2.05, 4.69) is 20.9 Å². The Bertz CT molecular complexity index is 1020. The molecule has 0 amide bonds. The molecule has 1 aliphatic heterocycles. The fraction of sp³-hybridized carbons (Fsp3) is 0.125. The van der Waals surface area contributed by atoms with Gasteiger partial charge in [-0.2, -0.15) is 8.42 Å². The summed E-state index contributed by atoms with van der Waals surface area (Å²) in [7, 11) is -2.37. The molecule has 10 heteroatoms. The van der Waals surface area contributed by atoms with Crippen molar-refractivity contribution in [1.82, 2.24) is 0 Å². The Kier molecular flexibility index (Phi) is 4.88. The van der Waals surface area contributed by atoms with Crippen molar-refractivity contribution in [2.45, 2.75) is 0 Å². The summed E-state index contributed by atoms with van der Waals surface area (Å²) in [5, 5.41) is 0. The van der Waals surface area contributed by atoms with Gasteiger partial charge in [0.15, 0.2) is 23.0 Å². The van der Waals surface area contributed by atoms with E-state index >= 15 is 0 Å². The van der Waals surface area contributed by atoms with Crippen LogP contribution in [0.3, 0.4) is 0 Å². The quantitative estimate of drug-likeness (QED) is 0.398. The molecule has 0 aliphatic carbocycles. The summed E-state index contributed by atoms with van der Waals surface area (Å²) in [6.45, 7) is 0. The number of esters is 1. The molecule has 0 unspecified atom stereocenters. The second-order valence-electron chi connectivity index (χ2n) is 5.13. The number of benzene rings is 1. The van der Waals surface area contributed by atoms with Crippen LogP contribution >= 0.6 is 15.9 Å². The van der Waals surface area contributed by atoms with Gasteiger partial charge in [0.25, 0.3) is 5.90 Å². The average molecular weight is 442 g/mol. The molecule has 0 fully saturated rings. The Labute approximate surface area is 157 Å². The highest BCUT2D eigenvalue weighted by Crippen LogP contribution is 2.38. The Balaban J connectivity index is 1.98. The van der Waals surface area contributed by atoms with E-state index in [1.165, 1.54) is 25.5 Å². The van der Waals surface area contributed by atoms with Gasteiger partial charge in [-0.05, 0) is 51.8 Å². The van der Waals surface area contributed by atoms with Gasteiger partial charge in [0.05, 0.1) is 24.1 Å². The van der Waals surface area contributed by atoms with Gasteiger partial charge in [0.2, 0.25) is 0 Å². The number of hydrogen-bond acceptors (Lipinski definition) is 8. The molecule has 0 spiro atoms. The van der Waals surface area contributed by atoms with E-state index in [0.717, 1.165) is 6.26 Å². The molecular weight excluding hydrogens is 430 g/mol. The molecule has 2 heterocycles. The number of carbonyl (C=O) groups is 1. The number of rotatable bonds is 5. The number of halogens is 1. The van der Waals surface area contributed by atoms with Gasteiger partial charge < -0.3 is 18.1 Å². The van der Waals surface area contributed by atoms with Gasteiger partial charge >= 0.3 is 16.1 Å². The number of furan rings is 1. The molecule has 0 saturated heterocycles. The summed E-state index contributed by atoms with van der Waals surface area (Å²) >= 11 is 3.23. The second-order valence-corrected chi connectivity index (χ2v) is 7.56. The van der Waals surface area contributed by atoms with Crippen molar-refractivity contribution in [3.8, 4) is 11.5 Å². The summed E-state index contributed by atoms with van der Waals surface area (Å²) in [6.07, 6.45) is 3.83. The number of hydrogen-bond donors (Lipinski definition) is 0. The maximum atomic E-state index is 12.0. The van der Waals surface area contributed by atoms with Crippen LogP contribution < -0.4 is 8.92 Å². The van der Waals surface area contributed by atoms with Crippen molar-refractivity contribution in [3.05, 3.63) is 52.0 Å². The highest BCUT2D eigenvalue weighted by Gasteiger charge is 2.26. The lowest BCUT2D eigenvalue weighted by molar-refractivity contribution is -0.130. The van der Waals surface area contributed by atoms with E-state index in [4.69, 9.17) is 18.1 Å². The van der Waals surface area contributed by atoms with Crippen LogP contribution in [0, 0.1) is 0 Å². The van der Waals surface area contributed by atoms with E-state index in [1.807, 2.05) is 0 Å². The van der Waals surface area contributed by atoms with E-state index in [-0.39, 0.29) is 23.1 Å². The van der Waals surface area contributed by atoms with Crippen molar-refractivity contribution < 1.29 is 31.3 Å². The van der Waals surface area contributed by atoms with Crippen LogP contribution in [0.5, 0.6) is 11.5 Å². The van der Waals surface area contributed by atoms with Crippen LogP contribution in [0.15, 0.2) is 50.1 Å². The Morgan fingerprint density at radius 2 is 2.08 bits per heavy atom. The Hall–Kier alpha value is -2.59. The molecule has 1 aliphatic rings. The molecular formula is C16H12BrNO7S. The first-order valence-corrected chi connectivity index (χ1v) is 9.71. The van der Waals surface area contributed by atoms with Crippen LogP contribution in [0.25, 0.3) is 6.08 Å². The fourth-order valence-corrected chi connectivity index (χ4v) is 3.25. The summed E-state index contributed by atoms with van der Waals surface area (Å²) < 4.78 is 43.4. The molecule has 0 N–H and O–H groups in total. The second kappa shape index (κ2) is 6.96. The maximum Gasteiger partial charge on any atom is 0.363 e. The smallest absolute Gasteiger partial charge is 0.363 e. The molecule has 26 heavy (non-hydrogen) atoms. The van der Waals surface area contributed by atoms with Gasteiger partial charge in [0.1, 0.15) is 0 Å². The SMILES string of the molecule is COc1cc(C=C2N=C(c3ccco3)OC2=O)cc(Br)c1OS(C)(=O)=O. The van der Waals surface area contributed by atoms with Gasteiger partial charge in [-0.25, -0.2) is 9.79 Å². The molecule has 2 aromatic rings. The number of carbonyl (C=O) groups excluding carboxylic acids is 1. The van der Waals surface area contributed by atoms with Gasteiger partial charge in [0, 0.05) is 0 Å². The summed E-state index contributed by atoms with van der Waals surface area (Å²) in [5.41, 5.74) is 0.577. The third-order valence-electron chi connectivity index (χ3n) is 3.14. The van der Waals surface area contributed by atoms with Crippen LogP contribution in [0.4, 0.5) is 0 Å². The van der Waals surface area contributed by atoms with Crippen LogP contribution in [0.1, 0.15) is 11.3 Å². The number of aliphatic imine (C=N–C) groups is 1. The topological polar surface area (TPSA) is 104 Å². The molecule has 1 aromatic heterocycles. The van der Waals surface area contributed by atoms with Crippen LogP contribution in [0.2, 0.25) is 0 Å². The molecule has 8 nitrogen and oxygen atoms in total. The monoisotopic (exact) mass is 441 g/mol. The lowest BCUT2D eigenvalue weighted by Crippen LogP contribution is -2.07. The molecule has 0 saturated carbocycles. The summed E-state index contributed by atoms with van der Waals surface area (Å²) in [6, 6.07) is 6.33. The zero-order valence-corrected chi connectivity index (χ0v) is 16.0. The maximum absolute atomic E-state index is 12.0. The third kappa shape index (κ3) is 3.97. The molecule has 136 valence electrons. The standard InChI is InChI=1S/C16H12BrNO7S/c1-22-13-8-9(6-10(17)14(13)25-26(2,20)21)7-11-16(19)24-15(18-11)12-4-3-5-23-12/h3-8H,1-2H3. The Morgan fingerprint density at radius 1 is 1.31 bits per heavy atom. The normalized spacial score (nSPS) is 15.7. The molecule has 0 atom stereocenters. The van der Waals surface area contributed by atoms with E-state index in [9.17, 15) is 13.2 Å². The van der Waals surface area contributed by atoms with Crippen molar-refractivity contribution in [2.75, 3.05) is 13.4 Å². The zero-order chi connectivity index (χ0) is 18.9. The highest BCUT2D eigenvalue weighted by atomic mass is 79.9. The van der Waals surface area contributed by atoms with Crippen molar-refractivity contribution >= 4 is 44.0 Å². The predicted octanol–water partition coefficient (Wildman–Crippen LogP) is 2.73. The number of methoxy groups -OCH3 is 1.